The average molecular weight is 311 g/mol. The van der Waals surface area contributed by atoms with E-state index in [0.29, 0.717) is 25.8 Å². The molecule has 0 aromatic heterocycles. The number of carbonyl (C=O) groups excluding carboxylic acids is 1. The summed E-state index contributed by atoms with van der Waals surface area (Å²) in [5.74, 6) is 0.986. The number of carbonyl (C=O) groups is 1. The van der Waals surface area contributed by atoms with Crippen molar-refractivity contribution in [2.45, 2.75) is 38.8 Å². The van der Waals surface area contributed by atoms with Crippen LogP contribution < -0.4 is 4.74 Å². The van der Waals surface area contributed by atoms with Gasteiger partial charge in [-0.05, 0) is 24.1 Å². The maximum Gasteiger partial charge on any atom is 0.214 e. The molecule has 21 heavy (non-hydrogen) atoms. The van der Waals surface area contributed by atoms with Gasteiger partial charge in [0.25, 0.3) is 0 Å². The lowest BCUT2D eigenvalue weighted by molar-refractivity contribution is -0.126. The summed E-state index contributed by atoms with van der Waals surface area (Å²) in [7, 11) is -1.73. The Balaban J connectivity index is 2.17. The van der Waals surface area contributed by atoms with Gasteiger partial charge in [0.05, 0.1) is 12.9 Å². The van der Waals surface area contributed by atoms with Gasteiger partial charge in [0.15, 0.2) is 0 Å². The summed E-state index contributed by atoms with van der Waals surface area (Å²) in [6.45, 7) is 2.15. The number of hydrogen-bond donors (Lipinski definition) is 0. The number of Topliss-reactive ketones (excluding diaryl/α,β-unsaturated/α-hetero) is 1. The van der Waals surface area contributed by atoms with Crippen LogP contribution in [0, 0.1) is 0 Å². The Labute approximate surface area is 126 Å². The molecule has 5 nitrogen and oxygen atoms in total. The Morgan fingerprint density at radius 2 is 1.86 bits per heavy atom. The van der Waals surface area contributed by atoms with Gasteiger partial charge in [-0.25, -0.2) is 8.42 Å². The van der Waals surface area contributed by atoms with Crippen LogP contribution in [0.4, 0.5) is 0 Å². The SMILES string of the molecule is CCCS(=O)(=O)N(Cc1ccc(OC)cc1)C1CC(=O)C1. The van der Waals surface area contributed by atoms with Crippen LogP contribution in [0.3, 0.4) is 0 Å². The van der Waals surface area contributed by atoms with Gasteiger partial charge < -0.3 is 4.74 Å². The molecule has 0 radical (unpaired) electrons. The number of rotatable bonds is 7. The standard InChI is InChI=1S/C15H21NO4S/c1-3-8-21(18,19)16(13-9-14(17)10-13)11-12-4-6-15(20-2)7-5-12/h4-7,13H,3,8-11H2,1-2H3. The lowest BCUT2D eigenvalue weighted by Gasteiger charge is -2.35. The van der Waals surface area contributed by atoms with E-state index in [4.69, 9.17) is 4.74 Å². The van der Waals surface area contributed by atoms with E-state index in [1.54, 1.807) is 7.11 Å². The quantitative estimate of drug-likeness (QED) is 0.772. The second-order valence-corrected chi connectivity index (χ2v) is 7.35. The van der Waals surface area contributed by atoms with Crippen molar-refractivity contribution in [3.63, 3.8) is 0 Å². The summed E-state index contributed by atoms with van der Waals surface area (Å²) in [6, 6.07) is 7.15. The van der Waals surface area contributed by atoms with Crippen LogP contribution in [0.15, 0.2) is 24.3 Å². The van der Waals surface area contributed by atoms with Crippen LogP contribution >= 0.6 is 0 Å². The van der Waals surface area contributed by atoms with E-state index in [2.05, 4.69) is 0 Å². The molecule has 1 aromatic rings. The molecule has 0 aliphatic heterocycles. The van der Waals surface area contributed by atoms with E-state index in [0.717, 1.165) is 11.3 Å². The normalized spacial score (nSPS) is 16.0. The van der Waals surface area contributed by atoms with Crippen molar-refractivity contribution < 1.29 is 17.9 Å². The maximum absolute atomic E-state index is 12.4. The molecule has 0 saturated heterocycles. The van der Waals surface area contributed by atoms with Crippen LogP contribution in [-0.2, 0) is 21.4 Å². The van der Waals surface area contributed by atoms with Crippen molar-refractivity contribution in [2.24, 2.45) is 0 Å². The first-order valence-corrected chi connectivity index (χ1v) is 8.71. The van der Waals surface area contributed by atoms with E-state index in [1.807, 2.05) is 31.2 Å². The largest absolute Gasteiger partial charge is 0.497 e. The number of ether oxygens (including phenoxy) is 1. The molecule has 2 rings (SSSR count). The number of nitrogens with zero attached hydrogens (tertiary/aromatic N) is 1. The first kappa shape index (κ1) is 16.0. The van der Waals surface area contributed by atoms with Crippen LogP contribution in [0.5, 0.6) is 5.75 Å². The van der Waals surface area contributed by atoms with Crippen molar-refractivity contribution in [2.75, 3.05) is 12.9 Å². The minimum atomic E-state index is -3.32. The van der Waals surface area contributed by atoms with Gasteiger partial charge in [-0.2, -0.15) is 4.31 Å². The summed E-state index contributed by atoms with van der Waals surface area (Å²) >= 11 is 0. The summed E-state index contributed by atoms with van der Waals surface area (Å²) in [6.07, 6.45) is 1.24. The molecule has 1 aliphatic carbocycles. The number of hydrogen-bond acceptors (Lipinski definition) is 4. The molecule has 0 spiro atoms. The molecule has 116 valence electrons. The molecule has 0 bridgehead atoms. The first-order valence-electron chi connectivity index (χ1n) is 7.10. The molecule has 0 atom stereocenters. The molecule has 0 unspecified atom stereocenters. The fourth-order valence-electron chi connectivity index (χ4n) is 2.41. The van der Waals surface area contributed by atoms with E-state index >= 15 is 0 Å². The van der Waals surface area contributed by atoms with Gasteiger partial charge in [-0.3, -0.25) is 4.79 Å². The lowest BCUT2D eigenvalue weighted by atomic mass is 9.91. The second-order valence-electron chi connectivity index (χ2n) is 5.31. The molecular formula is C15H21NO4S. The van der Waals surface area contributed by atoms with Crippen molar-refractivity contribution >= 4 is 15.8 Å². The lowest BCUT2D eigenvalue weighted by Crippen LogP contribution is -2.48. The van der Waals surface area contributed by atoms with Gasteiger partial charge in [0.2, 0.25) is 10.0 Å². The fourth-order valence-corrected chi connectivity index (χ4v) is 4.11. The molecule has 1 aliphatic rings. The minimum Gasteiger partial charge on any atom is -0.497 e. The third-order valence-corrected chi connectivity index (χ3v) is 5.72. The zero-order valence-corrected chi connectivity index (χ0v) is 13.2. The molecule has 0 N–H and O–H groups in total. The Bertz CT molecular complexity index is 587. The van der Waals surface area contributed by atoms with Gasteiger partial charge in [0.1, 0.15) is 11.5 Å². The van der Waals surface area contributed by atoms with Gasteiger partial charge in [-0.1, -0.05) is 19.1 Å². The number of methoxy groups -OCH3 is 1. The van der Waals surface area contributed by atoms with Crippen LogP contribution in [0.2, 0.25) is 0 Å². The molecule has 1 fully saturated rings. The maximum atomic E-state index is 12.4. The third kappa shape index (κ3) is 3.83. The predicted molar refractivity (Wildman–Crippen MR) is 80.6 cm³/mol. The van der Waals surface area contributed by atoms with Gasteiger partial charge >= 0.3 is 0 Å². The number of benzene rings is 1. The van der Waals surface area contributed by atoms with Crippen LogP contribution in [0.1, 0.15) is 31.7 Å². The zero-order chi connectivity index (χ0) is 15.5. The zero-order valence-electron chi connectivity index (χ0n) is 12.4. The Morgan fingerprint density at radius 3 is 2.33 bits per heavy atom. The molecule has 1 saturated carbocycles. The van der Waals surface area contributed by atoms with Gasteiger partial charge in [-0.15, -0.1) is 0 Å². The predicted octanol–water partition coefficient (Wildman–Crippen LogP) is 1.97. The Morgan fingerprint density at radius 1 is 1.24 bits per heavy atom. The molecule has 6 heteroatoms. The molecule has 1 aromatic carbocycles. The summed E-state index contributed by atoms with van der Waals surface area (Å²) < 4.78 is 31.4. The summed E-state index contributed by atoms with van der Waals surface area (Å²) in [4.78, 5) is 11.2. The van der Waals surface area contributed by atoms with Crippen LogP contribution in [-0.4, -0.2) is 37.4 Å². The van der Waals surface area contributed by atoms with Crippen molar-refractivity contribution in [1.82, 2.24) is 4.31 Å². The summed E-state index contributed by atoms with van der Waals surface area (Å²) in [5.41, 5.74) is 0.898. The highest BCUT2D eigenvalue weighted by Gasteiger charge is 2.37. The van der Waals surface area contributed by atoms with E-state index in [9.17, 15) is 13.2 Å². The van der Waals surface area contributed by atoms with E-state index in [-0.39, 0.29) is 17.6 Å². The number of sulfonamides is 1. The number of ketones is 1. The highest BCUT2D eigenvalue weighted by atomic mass is 32.2. The van der Waals surface area contributed by atoms with Gasteiger partial charge in [0, 0.05) is 25.4 Å². The van der Waals surface area contributed by atoms with Crippen LogP contribution in [0.25, 0.3) is 0 Å². The Kier molecular flexibility index (Phi) is 5.00. The monoisotopic (exact) mass is 311 g/mol. The molecular weight excluding hydrogens is 290 g/mol. The Hall–Kier alpha value is -1.40. The fraction of sp³-hybridized carbons (Fsp3) is 0.533. The second kappa shape index (κ2) is 6.58. The highest BCUT2D eigenvalue weighted by Crippen LogP contribution is 2.27. The van der Waals surface area contributed by atoms with Crippen molar-refractivity contribution in [3.05, 3.63) is 29.8 Å². The molecule has 0 heterocycles. The smallest absolute Gasteiger partial charge is 0.214 e. The topological polar surface area (TPSA) is 63.7 Å². The van der Waals surface area contributed by atoms with Crippen molar-refractivity contribution in [3.8, 4) is 5.75 Å². The van der Waals surface area contributed by atoms with Crippen molar-refractivity contribution in [1.29, 1.82) is 0 Å². The average Bonchev–Trinajstić information content (AvgIpc) is 2.42. The highest BCUT2D eigenvalue weighted by molar-refractivity contribution is 7.89. The van der Waals surface area contributed by atoms with E-state index in [1.165, 1.54) is 4.31 Å². The summed E-state index contributed by atoms with van der Waals surface area (Å²) in [5, 5.41) is 0. The van der Waals surface area contributed by atoms with E-state index < -0.39 is 10.0 Å². The minimum absolute atomic E-state index is 0.119. The molecule has 0 amide bonds. The first-order chi connectivity index (χ1) is 9.96. The third-order valence-electron chi connectivity index (χ3n) is 3.65.